The van der Waals surface area contributed by atoms with Crippen LogP contribution in [0, 0.1) is 23.7 Å². The SMILES string of the molecule is C(#Cc1c2ccccc2c2ccc3c(C#Cc4ccccc4)c4ccccc4c4ccc1c2c34)c1ccccc1. The predicted molar refractivity (Wildman–Crippen MR) is 170 cm³/mol. The van der Waals surface area contributed by atoms with Crippen LogP contribution in [-0.4, -0.2) is 0 Å². The Labute approximate surface area is 232 Å². The van der Waals surface area contributed by atoms with Crippen LogP contribution in [0.3, 0.4) is 0 Å². The van der Waals surface area contributed by atoms with E-state index in [1.54, 1.807) is 0 Å². The first-order chi connectivity index (χ1) is 19.9. The molecule has 0 saturated carbocycles. The quantitative estimate of drug-likeness (QED) is 0.110. The average molecular weight is 503 g/mol. The molecule has 182 valence electrons. The molecule has 0 radical (unpaired) electrons. The first-order valence-corrected chi connectivity index (χ1v) is 13.5. The van der Waals surface area contributed by atoms with Gasteiger partial charge in [-0.15, -0.1) is 0 Å². The van der Waals surface area contributed by atoms with Gasteiger partial charge in [0.2, 0.25) is 0 Å². The molecule has 0 spiro atoms. The molecule has 0 heteroatoms. The molecule has 0 aliphatic rings. The van der Waals surface area contributed by atoms with Crippen molar-refractivity contribution < 1.29 is 0 Å². The topological polar surface area (TPSA) is 0 Å². The molecule has 0 heterocycles. The molecule has 0 bridgehead atoms. The van der Waals surface area contributed by atoms with Crippen molar-refractivity contribution in [3.05, 3.63) is 156 Å². The van der Waals surface area contributed by atoms with Crippen LogP contribution in [-0.2, 0) is 0 Å². The molecular formula is C40H22. The number of hydrogen-bond acceptors (Lipinski definition) is 0. The second-order valence-electron chi connectivity index (χ2n) is 10.1. The molecule has 40 heavy (non-hydrogen) atoms. The predicted octanol–water partition coefficient (Wildman–Crippen LogP) is 9.69. The van der Waals surface area contributed by atoms with Gasteiger partial charge in [0, 0.05) is 22.3 Å². The molecule has 0 atom stereocenters. The van der Waals surface area contributed by atoms with Crippen molar-refractivity contribution in [1.29, 1.82) is 0 Å². The third kappa shape index (κ3) is 3.45. The standard InChI is InChI=1S/C40H22/c1-3-11-27(12-4-1)19-21-33-29-15-7-9-17-31(29)35-24-26-38-34(22-20-28-13-5-2-6-14-28)30-16-8-10-18-32(30)36-23-25-37(33)39(35)40(36)38/h1-18,23-26H. The molecule has 0 unspecified atom stereocenters. The highest BCUT2D eigenvalue weighted by Gasteiger charge is 2.18. The summed E-state index contributed by atoms with van der Waals surface area (Å²) in [7, 11) is 0. The van der Waals surface area contributed by atoms with Gasteiger partial charge >= 0.3 is 0 Å². The summed E-state index contributed by atoms with van der Waals surface area (Å²) >= 11 is 0. The second-order valence-corrected chi connectivity index (χ2v) is 10.1. The van der Waals surface area contributed by atoms with E-state index in [2.05, 4.69) is 121 Å². The van der Waals surface area contributed by atoms with Crippen LogP contribution in [0.25, 0.3) is 53.9 Å². The van der Waals surface area contributed by atoms with Crippen molar-refractivity contribution in [2.75, 3.05) is 0 Å². The van der Waals surface area contributed by atoms with Crippen molar-refractivity contribution in [2.45, 2.75) is 0 Å². The molecule has 0 saturated heterocycles. The number of benzene rings is 8. The normalized spacial score (nSPS) is 11.1. The molecule has 0 N–H and O–H groups in total. The summed E-state index contributed by atoms with van der Waals surface area (Å²) in [5.41, 5.74) is 4.18. The van der Waals surface area contributed by atoms with Crippen LogP contribution in [0.4, 0.5) is 0 Å². The lowest BCUT2D eigenvalue weighted by Crippen LogP contribution is -1.93. The Kier molecular flexibility index (Phi) is 5.06. The molecule has 8 rings (SSSR count). The zero-order valence-corrected chi connectivity index (χ0v) is 21.7. The monoisotopic (exact) mass is 502 g/mol. The second kappa shape index (κ2) is 9.03. The van der Waals surface area contributed by atoms with E-state index in [-0.39, 0.29) is 0 Å². The molecule has 0 nitrogen and oxygen atoms in total. The zero-order valence-electron chi connectivity index (χ0n) is 21.7. The molecule has 0 aliphatic heterocycles. The van der Waals surface area contributed by atoms with Crippen molar-refractivity contribution in [3.63, 3.8) is 0 Å². The fourth-order valence-corrected chi connectivity index (χ4v) is 6.10. The van der Waals surface area contributed by atoms with Gasteiger partial charge in [0.25, 0.3) is 0 Å². The van der Waals surface area contributed by atoms with Crippen molar-refractivity contribution in [2.24, 2.45) is 0 Å². The van der Waals surface area contributed by atoms with Crippen LogP contribution < -0.4 is 0 Å². The highest BCUT2D eigenvalue weighted by Crippen LogP contribution is 2.44. The maximum absolute atomic E-state index is 3.58. The third-order valence-electron chi connectivity index (χ3n) is 7.88. The van der Waals surface area contributed by atoms with Crippen molar-refractivity contribution >= 4 is 53.9 Å². The Morgan fingerprint density at radius 2 is 0.600 bits per heavy atom. The van der Waals surface area contributed by atoms with Crippen LogP contribution in [0.2, 0.25) is 0 Å². The Hall–Kier alpha value is -5.56. The first kappa shape index (κ1) is 22.4. The molecule has 8 aromatic rings. The van der Waals surface area contributed by atoms with E-state index in [1.807, 2.05) is 36.4 Å². The van der Waals surface area contributed by atoms with Gasteiger partial charge in [0.15, 0.2) is 0 Å². The van der Waals surface area contributed by atoms with Gasteiger partial charge in [-0.3, -0.25) is 0 Å². The van der Waals surface area contributed by atoms with Gasteiger partial charge in [-0.1, -0.05) is 133 Å². The van der Waals surface area contributed by atoms with E-state index in [0.29, 0.717) is 0 Å². The minimum Gasteiger partial charge on any atom is -0.0622 e. The summed E-state index contributed by atoms with van der Waals surface area (Å²) in [5.74, 6) is 14.0. The van der Waals surface area contributed by atoms with Gasteiger partial charge in [-0.05, 0) is 78.1 Å². The van der Waals surface area contributed by atoms with Crippen LogP contribution in [0.5, 0.6) is 0 Å². The zero-order chi connectivity index (χ0) is 26.5. The Morgan fingerprint density at radius 1 is 0.250 bits per heavy atom. The van der Waals surface area contributed by atoms with Gasteiger partial charge in [0.1, 0.15) is 0 Å². The largest absolute Gasteiger partial charge is 0.0622 e. The van der Waals surface area contributed by atoms with E-state index < -0.39 is 0 Å². The van der Waals surface area contributed by atoms with E-state index in [9.17, 15) is 0 Å². The van der Waals surface area contributed by atoms with Crippen LogP contribution >= 0.6 is 0 Å². The summed E-state index contributed by atoms with van der Waals surface area (Å²) < 4.78 is 0. The molecule has 0 aliphatic carbocycles. The number of hydrogen-bond donors (Lipinski definition) is 0. The lowest BCUT2D eigenvalue weighted by Gasteiger charge is -2.18. The first-order valence-electron chi connectivity index (χ1n) is 13.5. The van der Waals surface area contributed by atoms with Gasteiger partial charge in [0.05, 0.1) is 0 Å². The summed E-state index contributed by atoms with van der Waals surface area (Å²) in [6.45, 7) is 0. The maximum Gasteiger partial charge on any atom is 0.0406 e. The van der Waals surface area contributed by atoms with E-state index in [1.165, 1.54) is 53.9 Å². The fraction of sp³-hybridized carbons (Fsp3) is 0. The van der Waals surface area contributed by atoms with Crippen molar-refractivity contribution in [1.82, 2.24) is 0 Å². The van der Waals surface area contributed by atoms with Gasteiger partial charge < -0.3 is 0 Å². The number of rotatable bonds is 0. The van der Waals surface area contributed by atoms with Crippen molar-refractivity contribution in [3.8, 4) is 23.7 Å². The number of fused-ring (bicyclic) bond motifs is 4. The van der Waals surface area contributed by atoms with E-state index >= 15 is 0 Å². The molecule has 0 aromatic heterocycles. The summed E-state index contributed by atoms with van der Waals surface area (Å²) in [5, 5.41) is 12.2. The lowest BCUT2D eigenvalue weighted by molar-refractivity contribution is 1.65. The smallest absolute Gasteiger partial charge is 0.0406 e. The van der Waals surface area contributed by atoms with Gasteiger partial charge in [-0.25, -0.2) is 0 Å². The summed E-state index contributed by atoms with van der Waals surface area (Å²) in [6, 6.07) is 46.9. The van der Waals surface area contributed by atoms with E-state index in [0.717, 1.165) is 22.3 Å². The maximum atomic E-state index is 3.58. The highest BCUT2D eigenvalue weighted by molar-refractivity contribution is 6.35. The molecule has 0 fully saturated rings. The molecular weight excluding hydrogens is 480 g/mol. The summed E-state index contributed by atoms with van der Waals surface area (Å²) in [4.78, 5) is 0. The Bertz CT molecular complexity index is 2180. The van der Waals surface area contributed by atoms with Crippen LogP contribution in [0.1, 0.15) is 22.3 Å². The third-order valence-corrected chi connectivity index (χ3v) is 7.88. The lowest BCUT2D eigenvalue weighted by atomic mass is 9.84. The Morgan fingerprint density at radius 3 is 1.02 bits per heavy atom. The fourth-order valence-electron chi connectivity index (χ4n) is 6.10. The van der Waals surface area contributed by atoms with E-state index in [4.69, 9.17) is 0 Å². The minimum absolute atomic E-state index is 1.02. The summed E-state index contributed by atoms with van der Waals surface area (Å²) in [6.07, 6.45) is 0. The van der Waals surface area contributed by atoms with Crippen LogP contribution in [0.15, 0.2) is 133 Å². The van der Waals surface area contributed by atoms with Gasteiger partial charge in [-0.2, -0.15) is 0 Å². The highest BCUT2D eigenvalue weighted by atomic mass is 14.2. The molecule has 0 amide bonds. The minimum atomic E-state index is 1.02. The Balaban J connectivity index is 1.54. The molecule has 8 aromatic carbocycles. The average Bonchev–Trinajstić information content (AvgIpc) is 3.03.